The summed E-state index contributed by atoms with van der Waals surface area (Å²) in [6.07, 6.45) is 0. The largest absolute Gasteiger partial charge is 0.276 e. The molecule has 11 heavy (non-hydrogen) atoms. The van der Waals surface area contributed by atoms with Gasteiger partial charge in [-0.15, -0.1) is 0 Å². The molecule has 0 fully saturated rings. The van der Waals surface area contributed by atoms with E-state index in [-0.39, 0.29) is 10.0 Å². The molecule has 0 saturated carbocycles. The Morgan fingerprint density at radius 3 is 2.64 bits per heavy atom. The molecular formula is C7H3BrClFO. The molecule has 0 saturated heterocycles. The zero-order chi connectivity index (χ0) is 8.43. The van der Waals surface area contributed by atoms with Gasteiger partial charge < -0.3 is 0 Å². The number of benzene rings is 1. The third-order valence-electron chi connectivity index (χ3n) is 1.16. The molecule has 4 heteroatoms. The van der Waals surface area contributed by atoms with Gasteiger partial charge in [-0.3, -0.25) is 4.79 Å². The van der Waals surface area contributed by atoms with E-state index in [2.05, 4.69) is 15.9 Å². The van der Waals surface area contributed by atoms with E-state index in [1.54, 1.807) is 0 Å². The molecule has 1 rings (SSSR count). The molecule has 1 nitrogen and oxygen atoms in total. The fourth-order valence-corrected chi connectivity index (χ4v) is 1.37. The number of carbonyl (C=O) groups excluding carboxylic acids is 1. The van der Waals surface area contributed by atoms with Gasteiger partial charge in [-0.05, 0) is 39.7 Å². The van der Waals surface area contributed by atoms with Crippen molar-refractivity contribution in [2.24, 2.45) is 0 Å². The topological polar surface area (TPSA) is 17.1 Å². The van der Waals surface area contributed by atoms with Gasteiger partial charge in [-0.1, -0.05) is 6.07 Å². The predicted molar refractivity (Wildman–Crippen MR) is 44.3 cm³/mol. The van der Waals surface area contributed by atoms with E-state index in [4.69, 9.17) is 11.6 Å². The molecule has 0 aliphatic carbocycles. The van der Waals surface area contributed by atoms with Gasteiger partial charge in [0.1, 0.15) is 5.82 Å². The highest BCUT2D eigenvalue weighted by atomic mass is 79.9. The molecule has 0 atom stereocenters. The predicted octanol–water partition coefficient (Wildman–Crippen LogP) is 2.97. The van der Waals surface area contributed by atoms with Crippen molar-refractivity contribution in [3.63, 3.8) is 0 Å². The molecule has 0 spiro atoms. The number of hydrogen-bond acceptors (Lipinski definition) is 1. The summed E-state index contributed by atoms with van der Waals surface area (Å²) >= 11 is 8.05. The molecule has 0 radical (unpaired) electrons. The van der Waals surface area contributed by atoms with Crippen LogP contribution >= 0.6 is 27.5 Å². The summed E-state index contributed by atoms with van der Waals surface area (Å²) in [6, 6.07) is 4.12. The number of hydrogen-bond donors (Lipinski definition) is 0. The van der Waals surface area contributed by atoms with E-state index in [9.17, 15) is 9.18 Å². The quantitative estimate of drug-likeness (QED) is 0.686. The second-order valence-electron chi connectivity index (χ2n) is 1.88. The van der Waals surface area contributed by atoms with Crippen LogP contribution in [0.3, 0.4) is 0 Å². The third kappa shape index (κ3) is 1.79. The molecule has 1 aromatic carbocycles. The van der Waals surface area contributed by atoms with Crippen LogP contribution in [0.5, 0.6) is 0 Å². The molecule has 0 bridgehead atoms. The lowest BCUT2D eigenvalue weighted by molar-refractivity contribution is 0.108. The molecule has 0 N–H and O–H groups in total. The van der Waals surface area contributed by atoms with Crippen LogP contribution in [-0.2, 0) is 0 Å². The fraction of sp³-hybridized carbons (Fsp3) is 0. The van der Waals surface area contributed by atoms with Gasteiger partial charge in [-0.2, -0.15) is 0 Å². The van der Waals surface area contributed by atoms with Gasteiger partial charge >= 0.3 is 0 Å². The standard InChI is InChI=1S/C7H3BrClFO/c8-6-4(7(9)11)2-1-3-5(6)10/h1-3H. The van der Waals surface area contributed by atoms with Gasteiger partial charge in [0, 0.05) is 0 Å². The van der Waals surface area contributed by atoms with Crippen molar-refractivity contribution < 1.29 is 9.18 Å². The SMILES string of the molecule is O=C(Cl)c1cccc(F)c1Br. The van der Waals surface area contributed by atoms with Crippen molar-refractivity contribution in [2.45, 2.75) is 0 Å². The van der Waals surface area contributed by atoms with E-state index >= 15 is 0 Å². The second kappa shape index (κ2) is 3.32. The molecule has 0 heterocycles. The van der Waals surface area contributed by atoms with Gasteiger partial charge in [0.15, 0.2) is 0 Å². The summed E-state index contributed by atoms with van der Waals surface area (Å²) < 4.78 is 12.8. The first-order valence-electron chi connectivity index (χ1n) is 2.77. The molecule has 0 aliphatic rings. The zero-order valence-corrected chi connectivity index (χ0v) is 7.62. The smallest absolute Gasteiger partial charge is 0.253 e. The average molecular weight is 237 g/mol. The summed E-state index contributed by atoms with van der Waals surface area (Å²) in [5.41, 5.74) is 0.145. The van der Waals surface area contributed by atoms with E-state index < -0.39 is 11.1 Å². The van der Waals surface area contributed by atoms with Crippen LogP contribution in [0.2, 0.25) is 0 Å². The average Bonchev–Trinajstić information content (AvgIpc) is 1.94. The normalized spacial score (nSPS) is 9.73. The van der Waals surface area contributed by atoms with Crippen LogP contribution in [0.4, 0.5) is 4.39 Å². The number of halogens is 3. The first-order chi connectivity index (χ1) is 5.13. The van der Waals surface area contributed by atoms with Crippen LogP contribution in [0, 0.1) is 5.82 Å². The van der Waals surface area contributed by atoms with Gasteiger partial charge in [0.05, 0.1) is 10.0 Å². The van der Waals surface area contributed by atoms with Crippen LogP contribution in [0.25, 0.3) is 0 Å². The molecule has 0 unspecified atom stereocenters. The maximum atomic E-state index is 12.7. The van der Waals surface area contributed by atoms with Crippen LogP contribution < -0.4 is 0 Å². The monoisotopic (exact) mass is 236 g/mol. The first-order valence-corrected chi connectivity index (χ1v) is 3.94. The minimum atomic E-state index is -0.670. The van der Waals surface area contributed by atoms with Crippen LogP contribution in [0.15, 0.2) is 22.7 Å². The molecular weight excluding hydrogens is 234 g/mol. The molecule has 0 aromatic heterocycles. The Morgan fingerprint density at radius 2 is 2.18 bits per heavy atom. The Kier molecular flexibility index (Phi) is 2.62. The van der Waals surface area contributed by atoms with Gasteiger partial charge in [0.25, 0.3) is 5.24 Å². The van der Waals surface area contributed by atoms with Gasteiger partial charge in [-0.25, -0.2) is 4.39 Å². The van der Waals surface area contributed by atoms with Crippen molar-refractivity contribution in [1.82, 2.24) is 0 Å². The second-order valence-corrected chi connectivity index (χ2v) is 3.01. The Morgan fingerprint density at radius 1 is 1.55 bits per heavy atom. The van der Waals surface area contributed by atoms with E-state index in [1.165, 1.54) is 18.2 Å². The summed E-state index contributed by atoms with van der Waals surface area (Å²) in [5, 5.41) is -0.670. The lowest BCUT2D eigenvalue weighted by atomic mass is 10.2. The van der Waals surface area contributed by atoms with Crippen molar-refractivity contribution >= 4 is 32.8 Å². The van der Waals surface area contributed by atoms with Crippen molar-refractivity contribution in [3.8, 4) is 0 Å². The lowest BCUT2D eigenvalue weighted by Gasteiger charge is -1.97. The summed E-state index contributed by atoms with van der Waals surface area (Å²) in [7, 11) is 0. The zero-order valence-electron chi connectivity index (χ0n) is 5.27. The van der Waals surface area contributed by atoms with Crippen molar-refractivity contribution in [1.29, 1.82) is 0 Å². The molecule has 0 amide bonds. The van der Waals surface area contributed by atoms with E-state index in [0.717, 1.165) is 0 Å². The minimum Gasteiger partial charge on any atom is -0.276 e. The minimum absolute atomic E-state index is 0.111. The maximum Gasteiger partial charge on any atom is 0.253 e. The van der Waals surface area contributed by atoms with Gasteiger partial charge in [0.2, 0.25) is 0 Å². The Labute approximate surface area is 76.3 Å². The summed E-state index contributed by atoms with van der Waals surface area (Å²) in [5.74, 6) is -0.489. The third-order valence-corrected chi connectivity index (χ3v) is 2.17. The van der Waals surface area contributed by atoms with E-state index in [1.807, 2.05) is 0 Å². The summed E-state index contributed by atoms with van der Waals surface area (Å²) in [6.45, 7) is 0. The Hall–Kier alpha value is -0.410. The first kappa shape index (κ1) is 8.68. The van der Waals surface area contributed by atoms with Crippen molar-refractivity contribution in [3.05, 3.63) is 34.1 Å². The van der Waals surface area contributed by atoms with E-state index in [0.29, 0.717) is 0 Å². The van der Waals surface area contributed by atoms with Crippen LogP contribution in [0.1, 0.15) is 10.4 Å². The maximum absolute atomic E-state index is 12.7. The highest BCUT2D eigenvalue weighted by molar-refractivity contribution is 9.10. The number of rotatable bonds is 1. The Balaban J connectivity index is 3.27. The highest BCUT2D eigenvalue weighted by Gasteiger charge is 2.09. The lowest BCUT2D eigenvalue weighted by Crippen LogP contribution is -1.92. The van der Waals surface area contributed by atoms with Crippen molar-refractivity contribution in [2.75, 3.05) is 0 Å². The molecule has 0 aliphatic heterocycles. The number of carbonyl (C=O) groups is 1. The Bertz CT molecular complexity index is 300. The van der Waals surface area contributed by atoms with Crippen LogP contribution in [-0.4, -0.2) is 5.24 Å². The molecule has 58 valence electrons. The fourth-order valence-electron chi connectivity index (χ4n) is 0.656. The molecule has 1 aromatic rings. The highest BCUT2D eigenvalue weighted by Crippen LogP contribution is 2.21. The summed E-state index contributed by atoms with van der Waals surface area (Å²) in [4.78, 5) is 10.6.